The standard InChI is InChI=1S/C12H22N2OS/c13-12(6-2-3-7-12)11(15)14-9-10-5-1-4-8-16-10/h10H,1-9,13H2,(H,14,15). The van der Waals surface area contributed by atoms with E-state index in [2.05, 4.69) is 5.32 Å². The number of amides is 1. The highest BCUT2D eigenvalue weighted by atomic mass is 32.2. The summed E-state index contributed by atoms with van der Waals surface area (Å²) in [6.45, 7) is 0.808. The van der Waals surface area contributed by atoms with Crippen molar-refractivity contribution in [1.82, 2.24) is 5.32 Å². The van der Waals surface area contributed by atoms with Crippen molar-refractivity contribution in [3.05, 3.63) is 0 Å². The molecule has 2 aliphatic rings. The Morgan fingerprint density at radius 3 is 2.69 bits per heavy atom. The molecule has 1 heterocycles. The van der Waals surface area contributed by atoms with Crippen LogP contribution in [0.1, 0.15) is 44.9 Å². The fourth-order valence-corrected chi connectivity index (χ4v) is 3.82. The number of hydrogen-bond donors (Lipinski definition) is 2. The zero-order chi connectivity index (χ0) is 11.4. The molecule has 0 aromatic rings. The largest absolute Gasteiger partial charge is 0.353 e. The SMILES string of the molecule is NC1(C(=O)NCC2CCCCS2)CCCC1. The molecule has 1 unspecified atom stereocenters. The van der Waals surface area contributed by atoms with E-state index in [0.717, 1.165) is 32.2 Å². The maximum absolute atomic E-state index is 12.0. The maximum Gasteiger partial charge on any atom is 0.240 e. The molecule has 3 nitrogen and oxygen atoms in total. The first-order valence-electron chi connectivity index (χ1n) is 6.39. The zero-order valence-electron chi connectivity index (χ0n) is 9.84. The Labute approximate surface area is 102 Å². The highest BCUT2D eigenvalue weighted by Gasteiger charge is 2.36. The first-order chi connectivity index (χ1) is 7.71. The summed E-state index contributed by atoms with van der Waals surface area (Å²) in [6.07, 6.45) is 7.79. The molecule has 0 aromatic carbocycles. The van der Waals surface area contributed by atoms with Crippen LogP contribution in [0, 0.1) is 0 Å². The van der Waals surface area contributed by atoms with E-state index in [1.54, 1.807) is 0 Å². The summed E-state index contributed by atoms with van der Waals surface area (Å²) in [7, 11) is 0. The van der Waals surface area contributed by atoms with Gasteiger partial charge in [-0.2, -0.15) is 11.8 Å². The lowest BCUT2D eigenvalue weighted by molar-refractivity contribution is -0.126. The molecule has 3 N–H and O–H groups in total. The Morgan fingerprint density at radius 2 is 2.06 bits per heavy atom. The summed E-state index contributed by atoms with van der Waals surface area (Å²) < 4.78 is 0. The molecule has 92 valence electrons. The Balaban J connectivity index is 1.74. The fraction of sp³-hybridized carbons (Fsp3) is 0.917. The third kappa shape index (κ3) is 2.92. The van der Waals surface area contributed by atoms with Crippen molar-refractivity contribution in [3.8, 4) is 0 Å². The summed E-state index contributed by atoms with van der Waals surface area (Å²) in [5.41, 5.74) is 5.54. The molecule has 2 rings (SSSR count). The van der Waals surface area contributed by atoms with E-state index in [1.165, 1.54) is 25.0 Å². The van der Waals surface area contributed by atoms with Crippen molar-refractivity contribution >= 4 is 17.7 Å². The van der Waals surface area contributed by atoms with Crippen molar-refractivity contribution in [3.63, 3.8) is 0 Å². The van der Waals surface area contributed by atoms with Gasteiger partial charge in [0, 0.05) is 11.8 Å². The Hall–Kier alpha value is -0.220. The first-order valence-corrected chi connectivity index (χ1v) is 7.44. The number of hydrogen-bond acceptors (Lipinski definition) is 3. The van der Waals surface area contributed by atoms with Gasteiger partial charge in [-0.25, -0.2) is 0 Å². The number of nitrogens with one attached hydrogen (secondary N) is 1. The van der Waals surface area contributed by atoms with E-state index in [9.17, 15) is 4.79 Å². The van der Waals surface area contributed by atoms with E-state index in [-0.39, 0.29) is 5.91 Å². The van der Waals surface area contributed by atoms with Gasteiger partial charge in [0.25, 0.3) is 0 Å². The molecule has 16 heavy (non-hydrogen) atoms. The van der Waals surface area contributed by atoms with Crippen molar-refractivity contribution in [2.24, 2.45) is 5.73 Å². The Bertz CT molecular complexity index is 245. The third-order valence-electron chi connectivity index (χ3n) is 3.71. The number of rotatable bonds is 3. The molecule has 4 heteroatoms. The minimum absolute atomic E-state index is 0.0798. The van der Waals surface area contributed by atoms with Crippen molar-refractivity contribution in [2.75, 3.05) is 12.3 Å². The van der Waals surface area contributed by atoms with Crippen LogP contribution in [0.2, 0.25) is 0 Å². The molecule has 1 amide bonds. The van der Waals surface area contributed by atoms with Crippen LogP contribution in [0.3, 0.4) is 0 Å². The van der Waals surface area contributed by atoms with Crippen LogP contribution >= 0.6 is 11.8 Å². The zero-order valence-corrected chi connectivity index (χ0v) is 10.7. The predicted molar refractivity (Wildman–Crippen MR) is 68.5 cm³/mol. The van der Waals surface area contributed by atoms with Crippen LogP contribution in [-0.2, 0) is 4.79 Å². The summed E-state index contributed by atoms with van der Waals surface area (Å²) in [5, 5.41) is 3.66. The lowest BCUT2D eigenvalue weighted by atomic mass is 9.98. The van der Waals surface area contributed by atoms with Gasteiger partial charge in [0.2, 0.25) is 5.91 Å². The Kier molecular flexibility index (Phi) is 4.14. The normalized spacial score (nSPS) is 28.9. The van der Waals surface area contributed by atoms with Crippen LogP contribution in [0.5, 0.6) is 0 Å². The van der Waals surface area contributed by atoms with Crippen LogP contribution in [-0.4, -0.2) is 29.0 Å². The van der Waals surface area contributed by atoms with Crippen LogP contribution in [0.4, 0.5) is 0 Å². The van der Waals surface area contributed by atoms with E-state index in [4.69, 9.17) is 5.73 Å². The molecule has 1 aliphatic heterocycles. The lowest BCUT2D eigenvalue weighted by Crippen LogP contribution is -2.53. The highest BCUT2D eigenvalue weighted by molar-refractivity contribution is 7.99. The molecule has 0 spiro atoms. The quantitative estimate of drug-likeness (QED) is 0.791. The van der Waals surface area contributed by atoms with E-state index in [0.29, 0.717) is 5.25 Å². The van der Waals surface area contributed by atoms with Gasteiger partial charge in [0.15, 0.2) is 0 Å². The summed E-state index contributed by atoms with van der Waals surface area (Å²) in [5.74, 6) is 1.32. The van der Waals surface area contributed by atoms with E-state index in [1.807, 2.05) is 11.8 Å². The average Bonchev–Trinajstić information content (AvgIpc) is 2.76. The summed E-state index contributed by atoms with van der Waals surface area (Å²) >= 11 is 1.99. The fourth-order valence-electron chi connectivity index (χ4n) is 2.58. The van der Waals surface area contributed by atoms with Gasteiger partial charge >= 0.3 is 0 Å². The maximum atomic E-state index is 12.0. The molecule has 1 aliphatic carbocycles. The summed E-state index contributed by atoms with van der Waals surface area (Å²) in [6, 6.07) is 0. The van der Waals surface area contributed by atoms with Gasteiger partial charge in [-0.3, -0.25) is 4.79 Å². The molecular formula is C12H22N2OS. The Morgan fingerprint density at radius 1 is 1.31 bits per heavy atom. The van der Waals surface area contributed by atoms with E-state index >= 15 is 0 Å². The molecule has 0 radical (unpaired) electrons. The number of carbonyl (C=O) groups is 1. The van der Waals surface area contributed by atoms with Gasteiger partial charge in [-0.1, -0.05) is 19.3 Å². The summed E-state index contributed by atoms with van der Waals surface area (Å²) in [4.78, 5) is 12.0. The van der Waals surface area contributed by atoms with Crippen LogP contribution in [0.25, 0.3) is 0 Å². The molecule has 0 bridgehead atoms. The second kappa shape index (κ2) is 5.41. The molecule has 1 saturated heterocycles. The number of thioether (sulfide) groups is 1. The van der Waals surface area contributed by atoms with Gasteiger partial charge in [0.05, 0.1) is 5.54 Å². The van der Waals surface area contributed by atoms with Crippen LogP contribution in [0.15, 0.2) is 0 Å². The monoisotopic (exact) mass is 242 g/mol. The topological polar surface area (TPSA) is 55.1 Å². The molecule has 2 fully saturated rings. The third-order valence-corrected chi connectivity index (χ3v) is 5.11. The van der Waals surface area contributed by atoms with Crippen molar-refractivity contribution < 1.29 is 4.79 Å². The minimum Gasteiger partial charge on any atom is -0.353 e. The first kappa shape index (κ1) is 12.2. The number of nitrogens with two attached hydrogens (primary N) is 1. The van der Waals surface area contributed by atoms with Gasteiger partial charge in [-0.15, -0.1) is 0 Å². The lowest BCUT2D eigenvalue weighted by Gasteiger charge is -2.26. The smallest absolute Gasteiger partial charge is 0.240 e. The van der Waals surface area contributed by atoms with Gasteiger partial charge in [-0.05, 0) is 31.4 Å². The molecule has 0 aromatic heterocycles. The second-order valence-electron chi connectivity index (χ2n) is 5.06. The molecule has 1 saturated carbocycles. The molecule has 1 atom stereocenters. The highest BCUT2D eigenvalue weighted by Crippen LogP contribution is 2.28. The second-order valence-corrected chi connectivity index (χ2v) is 6.47. The van der Waals surface area contributed by atoms with Gasteiger partial charge < -0.3 is 11.1 Å². The average molecular weight is 242 g/mol. The number of carbonyl (C=O) groups excluding carboxylic acids is 1. The minimum atomic E-state index is -0.556. The predicted octanol–water partition coefficient (Wildman–Crippen LogP) is 1.66. The van der Waals surface area contributed by atoms with Gasteiger partial charge in [0.1, 0.15) is 0 Å². The molecular weight excluding hydrogens is 220 g/mol. The van der Waals surface area contributed by atoms with Crippen molar-refractivity contribution in [2.45, 2.75) is 55.7 Å². The van der Waals surface area contributed by atoms with Crippen molar-refractivity contribution in [1.29, 1.82) is 0 Å². The van der Waals surface area contributed by atoms with Crippen LogP contribution < -0.4 is 11.1 Å². The van der Waals surface area contributed by atoms with E-state index < -0.39 is 5.54 Å².